The molecule has 1 atom stereocenters. The van der Waals surface area contributed by atoms with Gasteiger partial charge < -0.3 is 13.6 Å². The molecule has 1 spiro atoms. The first-order chi connectivity index (χ1) is 26.4. The average molecular weight is 793 g/mol. The molecule has 0 aliphatic carbocycles. The standard InChI is InChI=1S/C52H64N2O3Si/c1-46(2,3)32-22-36-42-37-23-33(47(4,5)6)25-39(50(13,14)15)44(37)57-58(56-43(36)38(24-32)49(10,11)12,35-20-19-30(28-53)31(21-35)29-54)52(42)41-27-34(48(7,8)9)26-40(45(41)55-52)51(16,17)18/h19-27,42H,1-18H3. The van der Waals surface area contributed by atoms with Crippen LogP contribution in [0.4, 0.5) is 0 Å². The molecule has 0 aromatic heterocycles. The summed E-state index contributed by atoms with van der Waals surface area (Å²) < 4.78 is 23.7. The smallest absolute Gasteiger partial charge is 0.506 e. The molecule has 0 fully saturated rings. The molecule has 58 heavy (non-hydrogen) atoms. The highest BCUT2D eigenvalue weighted by Gasteiger charge is 2.80. The molecule has 2 bridgehead atoms. The number of nitrogens with zero attached hydrogens (tertiary/aromatic N) is 2. The highest BCUT2D eigenvalue weighted by atomic mass is 28.4. The quantitative estimate of drug-likeness (QED) is 0.179. The van der Waals surface area contributed by atoms with E-state index in [4.69, 9.17) is 13.6 Å². The second-order valence-electron chi connectivity index (χ2n) is 23.4. The van der Waals surface area contributed by atoms with E-state index >= 15 is 0 Å². The Morgan fingerprint density at radius 1 is 0.483 bits per heavy atom. The third-order valence-corrected chi connectivity index (χ3v) is 16.4. The maximum Gasteiger partial charge on any atom is 0.547 e. The second kappa shape index (κ2) is 12.5. The van der Waals surface area contributed by atoms with E-state index in [1.165, 1.54) is 16.7 Å². The summed E-state index contributed by atoms with van der Waals surface area (Å²) in [5.74, 6) is 2.25. The summed E-state index contributed by atoms with van der Waals surface area (Å²) >= 11 is 0. The lowest BCUT2D eigenvalue weighted by molar-refractivity contribution is 0.0184. The molecule has 3 aliphatic rings. The van der Waals surface area contributed by atoms with Crippen molar-refractivity contribution in [3.8, 4) is 29.4 Å². The molecule has 0 saturated carbocycles. The van der Waals surface area contributed by atoms with Crippen LogP contribution in [0.1, 0.15) is 192 Å². The molecule has 4 aromatic carbocycles. The van der Waals surface area contributed by atoms with E-state index < -0.39 is 13.8 Å². The fourth-order valence-electron chi connectivity index (χ4n) is 9.10. The number of fused-ring (bicyclic) bond motifs is 5. The Kier molecular flexibility index (Phi) is 8.97. The monoisotopic (exact) mass is 792 g/mol. The molecule has 0 N–H and O–H groups in total. The maximum atomic E-state index is 10.5. The summed E-state index contributed by atoms with van der Waals surface area (Å²) in [5.41, 5.74) is 9.76. The number of rotatable bonds is 1. The van der Waals surface area contributed by atoms with Crippen molar-refractivity contribution in [1.29, 1.82) is 10.5 Å². The molecule has 0 saturated heterocycles. The van der Waals surface area contributed by atoms with Gasteiger partial charge in [0.25, 0.3) is 0 Å². The van der Waals surface area contributed by atoms with Crippen LogP contribution < -0.4 is 18.8 Å². The fourth-order valence-corrected chi connectivity index (χ4v) is 13.2. The Labute approximate surface area is 350 Å². The van der Waals surface area contributed by atoms with Crippen LogP contribution in [0.2, 0.25) is 0 Å². The van der Waals surface area contributed by atoms with Crippen molar-refractivity contribution < 1.29 is 13.6 Å². The van der Waals surface area contributed by atoms with Gasteiger partial charge in [0.15, 0.2) is 0 Å². The van der Waals surface area contributed by atoms with Gasteiger partial charge in [0, 0.05) is 27.4 Å². The Morgan fingerprint density at radius 3 is 1.26 bits per heavy atom. The first-order valence-corrected chi connectivity index (χ1v) is 22.8. The predicted octanol–water partition coefficient (Wildman–Crippen LogP) is 12.3. The van der Waals surface area contributed by atoms with Crippen LogP contribution in [-0.4, -0.2) is 8.56 Å². The van der Waals surface area contributed by atoms with Crippen LogP contribution in [0.5, 0.6) is 17.2 Å². The van der Waals surface area contributed by atoms with Gasteiger partial charge in [-0.05, 0) is 78.5 Å². The van der Waals surface area contributed by atoms with Crippen molar-refractivity contribution in [3.63, 3.8) is 0 Å². The van der Waals surface area contributed by atoms with Gasteiger partial charge in [-0.3, -0.25) is 0 Å². The Hall–Kier alpha value is -4.52. The molecule has 0 amide bonds. The molecule has 0 radical (unpaired) electrons. The predicted molar refractivity (Wildman–Crippen MR) is 238 cm³/mol. The summed E-state index contributed by atoms with van der Waals surface area (Å²) in [7, 11) is -4.01. The van der Waals surface area contributed by atoms with Gasteiger partial charge >= 0.3 is 8.56 Å². The summed E-state index contributed by atoms with van der Waals surface area (Å²) in [6, 6.07) is 24.4. The van der Waals surface area contributed by atoms with Crippen molar-refractivity contribution >= 4 is 13.7 Å². The molecule has 4 aromatic rings. The summed E-state index contributed by atoms with van der Waals surface area (Å²) in [4.78, 5) is 0. The molecule has 1 unspecified atom stereocenters. The van der Waals surface area contributed by atoms with Crippen LogP contribution in [0.3, 0.4) is 0 Å². The molecule has 7 rings (SSSR count). The van der Waals surface area contributed by atoms with Crippen molar-refractivity contribution in [2.45, 2.75) is 168 Å². The van der Waals surface area contributed by atoms with Gasteiger partial charge in [-0.1, -0.05) is 161 Å². The Morgan fingerprint density at radius 2 is 0.879 bits per heavy atom. The minimum absolute atomic E-state index is 0.155. The molecule has 3 heterocycles. The molecule has 3 aliphatic heterocycles. The van der Waals surface area contributed by atoms with Gasteiger partial charge in [-0.2, -0.15) is 10.5 Å². The number of hydrogen-bond acceptors (Lipinski definition) is 5. The Bertz CT molecular complexity index is 2390. The summed E-state index contributed by atoms with van der Waals surface area (Å²) in [6.45, 7) is 40.8. The first kappa shape index (κ1) is 41.6. The van der Waals surface area contributed by atoms with E-state index in [2.05, 4.69) is 173 Å². The van der Waals surface area contributed by atoms with E-state index in [1.807, 2.05) is 12.1 Å². The highest BCUT2D eigenvalue weighted by Crippen LogP contribution is 2.69. The molecule has 5 nitrogen and oxygen atoms in total. The van der Waals surface area contributed by atoms with E-state index in [1.54, 1.807) is 6.07 Å². The first-order valence-electron chi connectivity index (χ1n) is 21.0. The van der Waals surface area contributed by atoms with Crippen LogP contribution in [0.15, 0.2) is 54.6 Å². The van der Waals surface area contributed by atoms with Crippen LogP contribution in [0.25, 0.3) is 0 Å². The zero-order valence-electron chi connectivity index (χ0n) is 38.4. The van der Waals surface area contributed by atoms with Gasteiger partial charge in [0.2, 0.25) is 5.22 Å². The Balaban J connectivity index is 1.78. The fraction of sp³-hybridized carbons (Fsp3) is 0.500. The van der Waals surface area contributed by atoms with Crippen molar-refractivity contribution in [3.05, 3.63) is 116 Å². The van der Waals surface area contributed by atoms with Gasteiger partial charge in [-0.15, -0.1) is 0 Å². The number of benzene rings is 4. The molecule has 6 heteroatoms. The molecular weight excluding hydrogens is 729 g/mol. The minimum Gasteiger partial charge on any atom is -0.506 e. The van der Waals surface area contributed by atoms with Gasteiger partial charge in [0.05, 0.1) is 17.0 Å². The van der Waals surface area contributed by atoms with Crippen molar-refractivity contribution in [1.82, 2.24) is 0 Å². The summed E-state index contributed by atoms with van der Waals surface area (Å²) in [5, 5.41) is 20.4. The van der Waals surface area contributed by atoms with Crippen LogP contribution in [-0.2, 0) is 37.7 Å². The lowest BCUT2D eigenvalue weighted by atomic mass is 9.69. The number of hydrogen-bond donors (Lipinski definition) is 0. The third-order valence-electron chi connectivity index (χ3n) is 12.7. The second-order valence-corrected chi connectivity index (χ2v) is 26.3. The van der Waals surface area contributed by atoms with E-state index in [0.717, 1.165) is 55.8 Å². The van der Waals surface area contributed by atoms with Crippen LogP contribution >= 0.6 is 0 Å². The lowest BCUT2D eigenvalue weighted by Crippen LogP contribution is -2.82. The average Bonchev–Trinajstić information content (AvgIpc) is 3.07. The van der Waals surface area contributed by atoms with E-state index in [0.29, 0.717) is 11.1 Å². The third kappa shape index (κ3) is 6.11. The molecular formula is C52H64N2O3Si. The SMILES string of the molecule is CC(C)(C)c1cc2c(c(C(C)(C)C)c1)O[Si]1(c3ccc(C#N)c(C#N)c3)Oc3c(cc(C(C)(C)C)cc3C(C)(C)C)C2C12Oc1c(C(C)(C)C)cc(C(C)(C)C)cc12. The lowest BCUT2D eigenvalue weighted by Gasteiger charge is -2.62. The number of nitriles is 2. The maximum absolute atomic E-state index is 10.5. The largest absolute Gasteiger partial charge is 0.547 e. The topological polar surface area (TPSA) is 75.3 Å². The van der Waals surface area contributed by atoms with E-state index in [9.17, 15) is 10.5 Å². The van der Waals surface area contributed by atoms with Crippen LogP contribution in [0, 0.1) is 22.7 Å². The van der Waals surface area contributed by atoms with Crippen molar-refractivity contribution in [2.24, 2.45) is 0 Å². The normalized spacial score (nSPS) is 21.3. The zero-order chi connectivity index (χ0) is 43.1. The van der Waals surface area contributed by atoms with Gasteiger partial charge in [-0.25, -0.2) is 0 Å². The molecule has 304 valence electrons. The highest BCUT2D eigenvalue weighted by molar-refractivity contribution is 6.85. The van der Waals surface area contributed by atoms with Gasteiger partial charge in [0.1, 0.15) is 29.4 Å². The minimum atomic E-state index is -4.01. The summed E-state index contributed by atoms with van der Waals surface area (Å²) in [6.07, 6.45) is 0. The van der Waals surface area contributed by atoms with E-state index in [-0.39, 0.29) is 38.4 Å². The van der Waals surface area contributed by atoms with Crippen molar-refractivity contribution in [2.75, 3.05) is 0 Å². The number of ether oxygens (including phenoxy) is 1. The zero-order valence-corrected chi connectivity index (χ0v) is 39.4.